The highest BCUT2D eigenvalue weighted by molar-refractivity contribution is 6.04. The minimum atomic E-state index is -0.460. The minimum absolute atomic E-state index is 0.00761. The molecule has 0 bridgehead atoms. The van der Waals surface area contributed by atoms with Gasteiger partial charge < -0.3 is 9.72 Å². The number of anilines is 1. The van der Waals surface area contributed by atoms with E-state index >= 15 is 0 Å². The van der Waals surface area contributed by atoms with Crippen molar-refractivity contribution in [1.82, 2.24) is 9.38 Å². The summed E-state index contributed by atoms with van der Waals surface area (Å²) in [5, 5.41) is 13.6. The fourth-order valence-corrected chi connectivity index (χ4v) is 3.15. The van der Waals surface area contributed by atoms with Gasteiger partial charge >= 0.3 is 0 Å². The van der Waals surface area contributed by atoms with Crippen LogP contribution in [0.5, 0.6) is 0 Å². The number of nitrogens with one attached hydrogen (secondary N) is 1. The second-order valence-electron chi connectivity index (χ2n) is 6.77. The number of rotatable bonds is 5. The molecule has 0 aliphatic rings. The Hall–Kier alpha value is -4.26. The van der Waals surface area contributed by atoms with Crippen molar-refractivity contribution in [1.29, 1.82) is 0 Å². The Balaban J connectivity index is 1.55. The van der Waals surface area contributed by atoms with Gasteiger partial charge in [0, 0.05) is 36.2 Å². The number of hydrogen-bond acceptors (Lipinski definition) is 4. The number of aryl methyl sites for hydroxylation is 1. The topological polar surface area (TPSA) is 89.5 Å². The van der Waals surface area contributed by atoms with E-state index in [-0.39, 0.29) is 11.6 Å². The van der Waals surface area contributed by atoms with Crippen LogP contribution in [0.4, 0.5) is 11.4 Å². The van der Waals surface area contributed by atoms with Crippen LogP contribution in [0, 0.1) is 17.0 Å². The van der Waals surface area contributed by atoms with Gasteiger partial charge in [0.15, 0.2) is 0 Å². The van der Waals surface area contributed by atoms with Gasteiger partial charge in [-0.2, -0.15) is 0 Å². The van der Waals surface area contributed by atoms with Crippen molar-refractivity contribution in [3.05, 3.63) is 100 Å². The molecule has 0 spiro atoms. The van der Waals surface area contributed by atoms with E-state index in [1.54, 1.807) is 18.2 Å². The van der Waals surface area contributed by atoms with Gasteiger partial charge in [-0.1, -0.05) is 24.3 Å². The summed E-state index contributed by atoms with van der Waals surface area (Å²) in [5.41, 5.74) is 4.87. The number of amides is 1. The molecule has 2 heterocycles. The summed E-state index contributed by atoms with van der Waals surface area (Å²) in [6, 6.07) is 17.4. The molecule has 0 saturated heterocycles. The molecule has 7 nitrogen and oxygen atoms in total. The van der Waals surface area contributed by atoms with Crippen molar-refractivity contribution in [2.75, 3.05) is 5.32 Å². The quantitative estimate of drug-likeness (QED) is 0.295. The number of benzene rings is 2. The van der Waals surface area contributed by atoms with Crippen LogP contribution in [0.15, 0.2) is 79.1 Å². The molecule has 1 N–H and O–H groups in total. The molecule has 0 unspecified atom stereocenters. The van der Waals surface area contributed by atoms with Crippen molar-refractivity contribution >= 4 is 29.0 Å². The van der Waals surface area contributed by atoms with E-state index in [1.807, 2.05) is 60.1 Å². The fourth-order valence-electron chi connectivity index (χ4n) is 3.15. The Labute approximate surface area is 172 Å². The first-order valence-electron chi connectivity index (χ1n) is 9.28. The third kappa shape index (κ3) is 3.95. The number of imidazole rings is 1. The number of carbonyl (C=O) groups excluding carboxylic acids is 1. The first-order valence-corrected chi connectivity index (χ1v) is 9.28. The Bertz CT molecular complexity index is 1270. The molecule has 0 aliphatic carbocycles. The number of nitro benzene ring substituents is 1. The second kappa shape index (κ2) is 8.00. The number of carbonyl (C=O) groups is 1. The third-order valence-electron chi connectivity index (χ3n) is 4.67. The number of non-ortho nitro benzene ring substituents is 1. The molecule has 30 heavy (non-hydrogen) atoms. The van der Waals surface area contributed by atoms with Crippen molar-refractivity contribution < 1.29 is 9.72 Å². The molecule has 0 fully saturated rings. The van der Waals surface area contributed by atoms with E-state index in [4.69, 9.17) is 4.98 Å². The van der Waals surface area contributed by atoms with E-state index in [0.717, 1.165) is 22.5 Å². The summed E-state index contributed by atoms with van der Waals surface area (Å²) in [4.78, 5) is 27.4. The standard InChI is InChI=1S/C23H18N4O3/c1-16-5-4-14-26-15-21(25-23(16)26)19-6-2-3-7-20(19)24-22(28)13-10-17-8-11-18(12-9-17)27(29)30/h2-15H,1H3,(H,24,28)/b13-10+. The van der Waals surface area contributed by atoms with Gasteiger partial charge in [0.25, 0.3) is 5.69 Å². The monoisotopic (exact) mass is 398 g/mol. The molecule has 148 valence electrons. The van der Waals surface area contributed by atoms with Crippen LogP contribution in [0.2, 0.25) is 0 Å². The molecule has 0 saturated carbocycles. The van der Waals surface area contributed by atoms with Gasteiger partial charge in [0.1, 0.15) is 5.65 Å². The van der Waals surface area contributed by atoms with Gasteiger partial charge in [0.05, 0.1) is 16.3 Å². The number of nitrogens with zero attached hydrogens (tertiary/aromatic N) is 3. The average Bonchev–Trinajstić information content (AvgIpc) is 3.18. The van der Waals surface area contributed by atoms with Crippen molar-refractivity contribution in [2.24, 2.45) is 0 Å². The Kier molecular flexibility index (Phi) is 5.09. The lowest BCUT2D eigenvalue weighted by atomic mass is 10.1. The normalized spacial score (nSPS) is 11.1. The zero-order valence-electron chi connectivity index (χ0n) is 16.1. The largest absolute Gasteiger partial charge is 0.322 e. The highest BCUT2D eigenvalue weighted by atomic mass is 16.6. The molecule has 0 atom stereocenters. The summed E-state index contributed by atoms with van der Waals surface area (Å²) >= 11 is 0. The predicted octanol–water partition coefficient (Wildman–Crippen LogP) is 4.87. The Morgan fingerprint density at radius 1 is 1.10 bits per heavy atom. The number of pyridine rings is 1. The van der Waals surface area contributed by atoms with Crippen LogP contribution in [-0.4, -0.2) is 20.2 Å². The maximum absolute atomic E-state index is 12.4. The molecular formula is C23H18N4O3. The van der Waals surface area contributed by atoms with E-state index in [2.05, 4.69) is 5.32 Å². The van der Waals surface area contributed by atoms with Crippen molar-refractivity contribution in [3.63, 3.8) is 0 Å². The van der Waals surface area contributed by atoms with Gasteiger partial charge in [0.2, 0.25) is 5.91 Å². The van der Waals surface area contributed by atoms with E-state index < -0.39 is 4.92 Å². The molecule has 1 amide bonds. The van der Waals surface area contributed by atoms with E-state index in [1.165, 1.54) is 18.2 Å². The first kappa shape index (κ1) is 19.1. The summed E-state index contributed by atoms with van der Waals surface area (Å²) < 4.78 is 1.96. The summed E-state index contributed by atoms with van der Waals surface area (Å²) in [7, 11) is 0. The number of nitro groups is 1. The summed E-state index contributed by atoms with van der Waals surface area (Å²) in [5.74, 6) is -0.305. The Morgan fingerprint density at radius 2 is 1.87 bits per heavy atom. The van der Waals surface area contributed by atoms with Gasteiger partial charge in [-0.15, -0.1) is 0 Å². The molecular weight excluding hydrogens is 380 g/mol. The lowest BCUT2D eigenvalue weighted by molar-refractivity contribution is -0.384. The van der Waals surface area contributed by atoms with Crippen LogP contribution < -0.4 is 5.32 Å². The van der Waals surface area contributed by atoms with Gasteiger partial charge in [-0.25, -0.2) is 4.98 Å². The van der Waals surface area contributed by atoms with Gasteiger partial charge in [-0.05, 0) is 48.4 Å². The number of hydrogen-bond donors (Lipinski definition) is 1. The number of aromatic nitrogens is 2. The SMILES string of the molecule is Cc1cccn2cc(-c3ccccc3NC(=O)/C=C/c3ccc([N+](=O)[O-])cc3)nc12. The Morgan fingerprint density at radius 3 is 2.60 bits per heavy atom. The zero-order valence-corrected chi connectivity index (χ0v) is 16.1. The highest BCUT2D eigenvalue weighted by Crippen LogP contribution is 2.28. The maximum Gasteiger partial charge on any atom is 0.269 e. The highest BCUT2D eigenvalue weighted by Gasteiger charge is 2.11. The molecule has 4 aromatic rings. The third-order valence-corrected chi connectivity index (χ3v) is 4.67. The van der Waals surface area contributed by atoms with Gasteiger partial charge in [-0.3, -0.25) is 14.9 Å². The average molecular weight is 398 g/mol. The zero-order chi connectivity index (χ0) is 21.1. The van der Waals surface area contributed by atoms with E-state index in [9.17, 15) is 14.9 Å². The number of fused-ring (bicyclic) bond motifs is 1. The molecule has 2 aromatic carbocycles. The van der Waals surface area contributed by atoms with Crippen molar-refractivity contribution in [3.8, 4) is 11.3 Å². The molecule has 0 radical (unpaired) electrons. The number of para-hydroxylation sites is 1. The van der Waals surface area contributed by atoms with Crippen LogP contribution in [0.1, 0.15) is 11.1 Å². The predicted molar refractivity (Wildman–Crippen MR) is 116 cm³/mol. The van der Waals surface area contributed by atoms with E-state index in [0.29, 0.717) is 11.3 Å². The van der Waals surface area contributed by atoms with Crippen LogP contribution in [-0.2, 0) is 4.79 Å². The molecule has 0 aliphatic heterocycles. The first-order chi connectivity index (χ1) is 14.5. The smallest absolute Gasteiger partial charge is 0.269 e. The summed E-state index contributed by atoms with van der Waals surface area (Å²) in [6.45, 7) is 2.00. The minimum Gasteiger partial charge on any atom is -0.322 e. The maximum atomic E-state index is 12.4. The van der Waals surface area contributed by atoms with Crippen LogP contribution in [0.3, 0.4) is 0 Å². The molecule has 2 aromatic heterocycles. The second-order valence-corrected chi connectivity index (χ2v) is 6.77. The fraction of sp³-hybridized carbons (Fsp3) is 0.0435. The lowest BCUT2D eigenvalue weighted by Gasteiger charge is -2.07. The lowest BCUT2D eigenvalue weighted by Crippen LogP contribution is -2.08. The van der Waals surface area contributed by atoms with Crippen LogP contribution in [0.25, 0.3) is 23.0 Å². The molecule has 7 heteroatoms. The van der Waals surface area contributed by atoms with Crippen LogP contribution >= 0.6 is 0 Å². The van der Waals surface area contributed by atoms with Crippen molar-refractivity contribution in [2.45, 2.75) is 6.92 Å². The molecule has 4 rings (SSSR count). The summed E-state index contributed by atoms with van der Waals surface area (Å²) in [6.07, 6.45) is 6.87.